The lowest BCUT2D eigenvalue weighted by Gasteiger charge is -2.47. The lowest BCUT2D eigenvalue weighted by molar-refractivity contribution is -0.0494. The van der Waals surface area contributed by atoms with Gasteiger partial charge in [-0.2, -0.15) is 13.9 Å². The number of hydrogen-bond donors (Lipinski definition) is 2. The first kappa shape index (κ1) is 22.3. The SMILES string of the molecule is C[C@H](NC(=O)N1CC2(CCn3nc(-c4cnc(N)c(OC(F)F)c4)cc32)C1)c1ccncc1Cl. The number of anilines is 1. The van der Waals surface area contributed by atoms with Crippen molar-refractivity contribution < 1.29 is 18.3 Å². The van der Waals surface area contributed by atoms with E-state index in [2.05, 4.69) is 25.1 Å². The smallest absolute Gasteiger partial charge is 0.387 e. The van der Waals surface area contributed by atoms with Crippen LogP contribution in [0.5, 0.6) is 5.75 Å². The summed E-state index contributed by atoms with van der Waals surface area (Å²) in [5.74, 6) is -0.305. The molecule has 3 N–H and O–H groups in total. The van der Waals surface area contributed by atoms with Crippen LogP contribution >= 0.6 is 11.6 Å². The number of aromatic nitrogens is 4. The number of hydrogen-bond acceptors (Lipinski definition) is 6. The molecule has 2 aliphatic heterocycles. The molecule has 0 saturated carbocycles. The quantitative estimate of drug-likeness (QED) is 0.566. The van der Waals surface area contributed by atoms with Crippen LogP contribution in [0.3, 0.4) is 0 Å². The molecule has 0 aromatic carbocycles. The molecule has 0 bridgehead atoms. The van der Waals surface area contributed by atoms with Crippen molar-refractivity contribution in [1.82, 2.24) is 30.0 Å². The number of nitrogens with zero attached hydrogens (tertiary/aromatic N) is 5. The minimum Gasteiger partial charge on any atom is -0.431 e. The topological polar surface area (TPSA) is 111 Å². The van der Waals surface area contributed by atoms with Crippen LogP contribution in [0.1, 0.15) is 30.6 Å². The maximum absolute atomic E-state index is 12.8. The second-order valence-corrected chi connectivity index (χ2v) is 8.99. The summed E-state index contributed by atoms with van der Waals surface area (Å²) in [6, 6.07) is 4.68. The number of likely N-dealkylation sites (tertiary alicyclic amines) is 1. The third-order valence-corrected chi connectivity index (χ3v) is 6.72. The van der Waals surface area contributed by atoms with Crippen LogP contribution in [0.15, 0.2) is 36.8 Å². The van der Waals surface area contributed by atoms with E-state index in [1.807, 2.05) is 17.7 Å². The van der Waals surface area contributed by atoms with Gasteiger partial charge in [0.05, 0.1) is 16.8 Å². The van der Waals surface area contributed by atoms with Gasteiger partial charge in [0.25, 0.3) is 0 Å². The Morgan fingerprint density at radius 1 is 1.32 bits per heavy atom. The van der Waals surface area contributed by atoms with Gasteiger partial charge in [0, 0.05) is 54.9 Å². The summed E-state index contributed by atoms with van der Waals surface area (Å²) in [7, 11) is 0. The maximum atomic E-state index is 12.8. The monoisotopic (exact) mass is 489 g/mol. The minimum absolute atomic E-state index is 0.116. The zero-order valence-electron chi connectivity index (χ0n) is 18.2. The average Bonchev–Trinajstić information content (AvgIpc) is 3.33. The number of nitrogens with two attached hydrogens (primary N) is 1. The van der Waals surface area contributed by atoms with E-state index >= 15 is 0 Å². The van der Waals surface area contributed by atoms with E-state index in [9.17, 15) is 13.6 Å². The molecular weight excluding hydrogens is 468 g/mol. The number of fused-ring (bicyclic) bond motifs is 2. The molecule has 0 unspecified atom stereocenters. The first-order valence-corrected chi connectivity index (χ1v) is 11.1. The van der Waals surface area contributed by atoms with Crippen LogP contribution in [0.4, 0.5) is 19.4 Å². The van der Waals surface area contributed by atoms with E-state index in [-0.39, 0.29) is 29.1 Å². The molecule has 1 saturated heterocycles. The van der Waals surface area contributed by atoms with Crippen molar-refractivity contribution >= 4 is 23.4 Å². The first-order valence-electron chi connectivity index (χ1n) is 10.7. The zero-order valence-corrected chi connectivity index (χ0v) is 19.0. The number of rotatable bonds is 5. The van der Waals surface area contributed by atoms with Crippen LogP contribution in [-0.4, -0.2) is 50.4 Å². The average molecular weight is 490 g/mol. The van der Waals surface area contributed by atoms with Crippen LogP contribution in [0.25, 0.3) is 11.3 Å². The number of urea groups is 1. The summed E-state index contributed by atoms with van der Waals surface area (Å²) in [5.41, 5.74) is 8.37. The van der Waals surface area contributed by atoms with Gasteiger partial charge >= 0.3 is 12.6 Å². The number of amides is 2. The summed E-state index contributed by atoms with van der Waals surface area (Å²) in [4.78, 5) is 22.5. The Morgan fingerprint density at radius 2 is 2.12 bits per heavy atom. The number of carbonyl (C=O) groups excluding carboxylic acids is 1. The Kier molecular flexibility index (Phi) is 5.51. The predicted molar refractivity (Wildman–Crippen MR) is 121 cm³/mol. The van der Waals surface area contributed by atoms with Gasteiger partial charge in [0.2, 0.25) is 0 Å². The number of ether oxygens (including phenoxy) is 1. The third kappa shape index (κ3) is 3.89. The molecule has 5 rings (SSSR count). The van der Waals surface area contributed by atoms with Gasteiger partial charge in [0.15, 0.2) is 11.6 Å². The van der Waals surface area contributed by atoms with Crippen molar-refractivity contribution in [3.63, 3.8) is 0 Å². The highest BCUT2D eigenvalue weighted by molar-refractivity contribution is 6.31. The Balaban J connectivity index is 1.28. The van der Waals surface area contributed by atoms with E-state index in [4.69, 9.17) is 17.3 Å². The number of pyridine rings is 2. The molecule has 178 valence electrons. The summed E-state index contributed by atoms with van der Waals surface area (Å²) < 4.78 is 31.6. The lowest BCUT2D eigenvalue weighted by Crippen LogP contribution is -2.62. The highest BCUT2D eigenvalue weighted by Gasteiger charge is 2.51. The fourth-order valence-corrected chi connectivity index (χ4v) is 4.91. The molecule has 2 aliphatic rings. The number of halogens is 3. The lowest BCUT2D eigenvalue weighted by atomic mass is 9.76. The van der Waals surface area contributed by atoms with E-state index in [1.54, 1.807) is 23.4 Å². The maximum Gasteiger partial charge on any atom is 0.387 e. The molecule has 34 heavy (non-hydrogen) atoms. The highest BCUT2D eigenvalue weighted by atomic mass is 35.5. The normalized spacial score (nSPS) is 16.9. The van der Waals surface area contributed by atoms with Crippen molar-refractivity contribution in [1.29, 1.82) is 0 Å². The van der Waals surface area contributed by atoms with Gasteiger partial charge in [-0.3, -0.25) is 9.67 Å². The molecule has 2 amide bonds. The summed E-state index contributed by atoms with van der Waals surface area (Å²) in [6.45, 7) is 0.689. The number of carbonyl (C=O) groups is 1. The third-order valence-electron chi connectivity index (χ3n) is 6.40. The molecule has 1 spiro atoms. The fourth-order valence-electron chi connectivity index (χ4n) is 4.63. The highest BCUT2D eigenvalue weighted by Crippen LogP contribution is 2.44. The van der Waals surface area contributed by atoms with E-state index in [1.165, 1.54) is 12.3 Å². The van der Waals surface area contributed by atoms with Crippen LogP contribution < -0.4 is 15.8 Å². The van der Waals surface area contributed by atoms with Crippen LogP contribution in [-0.2, 0) is 12.0 Å². The molecule has 3 aromatic heterocycles. The largest absolute Gasteiger partial charge is 0.431 e. The number of alkyl halides is 2. The standard InChI is InChI=1S/C22H22ClF2N7O2/c1-12(14-2-4-27-9-15(14)23)29-21(33)31-10-22(11-31)3-5-32-18(22)7-16(30-32)13-6-17(34-20(24)25)19(26)28-8-13/h2,4,6-9,12,20H,3,5,10-11H2,1H3,(H2,26,28)(H,29,33)/t12-/m0/s1. The Morgan fingerprint density at radius 3 is 2.85 bits per heavy atom. The van der Waals surface area contributed by atoms with E-state index in [0.29, 0.717) is 35.9 Å². The van der Waals surface area contributed by atoms with Gasteiger partial charge in [-0.25, -0.2) is 9.78 Å². The number of nitrogen functional groups attached to an aromatic ring is 1. The molecule has 1 fully saturated rings. The Hall–Kier alpha value is -3.47. The molecule has 5 heterocycles. The molecule has 12 heteroatoms. The van der Waals surface area contributed by atoms with Crippen molar-refractivity contribution in [2.45, 2.75) is 38.0 Å². The second-order valence-electron chi connectivity index (χ2n) is 8.58. The zero-order chi connectivity index (χ0) is 24.0. The van der Waals surface area contributed by atoms with Crippen molar-refractivity contribution in [2.75, 3.05) is 18.8 Å². The molecule has 1 atom stereocenters. The van der Waals surface area contributed by atoms with E-state index < -0.39 is 6.61 Å². The number of aryl methyl sites for hydroxylation is 1. The van der Waals surface area contributed by atoms with Crippen molar-refractivity contribution in [3.8, 4) is 17.0 Å². The molecule has 0 aliphatic carbocycles. The Bertz CT molecular complexity index is 1250. The molecular formula is C22H22ClF2N7O2. The fraction of sp³-hybridized carbons (Fsp3) is 0.364. The van der Waals surface area contributed by atoms with Crippen molar-refractivity contribution in [2.24, 2.45) is 0 Å². The van der Waals surface area contributed by atoms with Crippen molar-refractivity contribution in [3.05, 3.63) is 53.1 Å². The van der Waals surface area contributed by atoms with Gasteiger partial charge in [-0.15, -0.1) is 0 Å². The van der Waals surface area contributed by atoms with Gasteiger partial charge in [-0.05, 0) is 37.1 Å². The Labute approximate surface area is 198 Å². The summed E-state index contributed by atoms with van der Waals surface area (Å²) in [6.07, 6.45) is 5.53. The predicted octanol–water partition coefficient (Wildman–Crippen LogP) is 3.61. The molecule has 9 nitrogen and oxygen atoms in total. The van der Waals surface area contributed by atoms with Gasteiger partial charge in [0.1, 0.15) is 0 Å². The second kappa shape index (κ2) is 8.39. The van der Waals surface area contributed by atoms with Crippen LogP contribution in [0, 0.1) is 0 Å². The van der Waals surface area contributed by atoms with Crippen LogP contribution in [0.2, 0.25) is 5.02 Å². The van der Waals surface area contributed by atoms with E-state index in [0.717, 1.165) is 17.7 Å². The minimum atomic E-state index is -3.00. The molecule has 0 radical (unpaired) electrons. The van der Waals surface area contributed by atoms with Gasteiger partial charge in [-0.1, -0.05) is 11.6 Å². The molecule has 3 aromatic rings. The summed E-state index contributed by atoms with van der Waals surface area (Å²) >= 11 is 6.19. The summed E-state index contributed by atoms with van der Waals surface area (Å²) in [5, 5.41) is 8.10. The number of nitrogens with one attached hydrogen (secondary N) is 1. The first-order chi connectivity index (χ1) is 16.3. The van der Waals surface area contributed by atoms with Gasteiger partial charge < -0.3 is 20.7 Å².